The molecule has 1 aliphatic carbocycles. The number of rotatable bonds is 4. The molecule has 2 N–H and O–H groups in total. The minimum atomic E-state index is -0.257. The normalized spacial score (nSPS) is 23.9. The van der Waals surface area contributed by atoms with E-state index in [9.17, 15) is 4.79 Å². The van der Waals surface area contributed by atoms with Crippen molar-refractivity contribution in [2.75, 3.05) is 13.1 Å². The van der Waals surface area contributed by atoms with Crippen LogP contribution in [0.3, 0.4) is 0 Å². The summed E-state index contributed by atoms with van der Waals surface area (Å²) in [5.74, 6) is 0.283. The van der Waals surface area contributed by atoms with Crippen LogP contribution in [-0.4, -0.2) is 33.8 Å². The van der Waals surface area contributed by atoms with Crippen LogP contribution in [0.15, 0.2) is 24.0 Å². The Morgan fingerprint density at radius 2 is 2.12 bits per heavy atom. The summed E-state index contributed by atoms with van der Waals surface area (Å²) >= 11 is 1.65. The Bertz CT molecular complexity index is 715. The van der Waals surface area contributed by atoms with Crippen molar-refractivity contribution < 1.29 is 4.79 Å². The summed E-state index contributed by atoms with van der Waals surface area (Å²) in [4.78, 5) is 17.6. The third-order valence-corrected chi connectivity index (χ3v) is 6.34. The molecule has 4 rings (SSSR count). The maximum atomic E-state index is 13.1. The second kappa shape index (κ2) is 8.69. The lowest BCUT2D eigenvalue weighted by atomic mass is 9.88. The van der Waals surface area contributed by atoms with Gasteiger partial charge in [0, 0.05) is 43.8 Å². The molecule has 0 unspecified atom stereocenters. The molecule has 1 amide bonds. The average Bonchev–Trinajstić information content (AvgIpc) is 3.34. The number of halogens is 2. The molecule has 2 aromatic rings. The van der Waals surface area contributed by atoms with Crippen molar-refractivity contribution in [1.82, 2.24) is 25.4 Å². The van der Waals surface area contributed by atoms with Gasteiger partial charge in [0.1, 0.15) is 5.01 Å². The van der Waals surface area contributed by atoms with Crippen LogP contribution in [-0.2, 0) is 17.4 Å². The van der Waals surface area contributed by atoms with Gasteiger partial charge in [-0.15, -0.1) is 36.2 Å². The van der Waals surface area contributed by atoms with Crippen LogP contribution in [0.4, 0.5) is 0 Å². The molecule has 1 aliphatic heterocycles. The van der Waals surface area contributed by atoms with Gasteiger partial charge < -0.3 is 10.6 Å². The Balaban J connectivity index is 0.00000121. The number of nitrogens with one attached hydrogen (secondary N) is 2. The summed E-state index contributed by atoms with van der Waals surface area (Å²) in [7, 11) is 1.91. The van der Waals surface area contributed by atoms with Crippen LogP contribution in [0.2, 0.25) is 0 Å². The third-order valence-electron chi connectivity index (χ3n) is 5.37. The van der Waals surface area contributed by atoms with Gasteiger partial charge >= 0.3 is 0 Å². The van der Waals surface area contributed by atoms with Crippen molar-refractivity contribution in [3.63, 3.8) is 0 Å². The van der Waals surface area contributed by atoms with Gasteiger partial charge in [0.15, 0.2) is 0 Å². The zero-order chi connectivity index (χ0) is 16.6. The maximum absolute atomic E-state index is 13.1. The van der Waals surface area contributed by atoms with Crippen molar-refractivity contribution in [1.29, 1.82) is 0 Å². The zero-order valence-electron chi connectivity index (χ0n) is 14.7. The van der Waals surface area contributed by atoms with Crippen molar-refractivity contribution in [2.45, 2.75) is 37.1 Å². The first-order valence-corrected chi connectivity index (χ1v) is 9.47. The lowest BCUT2D eigenvalue weighted by molar-refractivity contribution is -0.127. The largest absolute Gasteiger partial charge is 0.344 e. The van der Waals surface area contributed by atoms with Crippen LogP contribution < -0.4 is 10.6 Å². The lowest BCUT2D eigenvalue weighted by Gasteiger charge is -2.30. The molecule has 0 aromatic carbocycles. The minimum Gasteiger partial charge on any atom is -0.344 e. The monoisotopic (exact) mass is 417 g/mol. The van der Waals surface area contributed by atoms with Crippen molar-refractivity contribution >= 4 is 42.1 Å². The number of hydrogen-bond donors (Lipinski definition) is 2. The van der Waals surface area contributed by atoms with Crippen molar-refractivity contribution in [3.8, 4) is 0 Å². The van der Waals surface area contributed by atoms with E-state index in [1.54, 1.807) is 16.0 Å². The van der Waals surface area contributed by atoms with Gasteiger partial charge in [-0.05, 0) is 18.4 Å². The minimum absolute atomic E-state index is 0. The molecule has 2 aromatic heterocycles. The number of hydrogen-bond acceptors (Lipinski definition) is 5. The van der Waals surface area contributed by atoms with Gasteiger partial charge in [-0.2, -0.15) is 5.10 Å². The third kappa shape index (κ3) is 3.91. The van der Waals surface area contributed by atoms with E-state index in [4.69, 9.17) is 0 Å². The fourth-order valence-electron chi connectivity index (χ4n) is 4.10. The van der Waals surface area contributed by atoms with E-state index in [1.807, 2.05) is 31.0 Å². The molecule has 2 atom stereocenters. The van der Waals surface area contributed by atoms with Crippen LogP contribution in [0.5, 0.6) is 0 Å². The molecule has 2 fully saturated rings. The highest BCUT2D eigenvalue weighted by atomic mass is 35.5. The molecule has 2 aliphatic rings. The molecule has 1 saturated heterocycles. The number of nitrogens with zero attached hydrogens (tertiary/aromatic N) is 3. The van der Waals surface area contributed by atoms with Gasteiger partial charge in [-0.1, -0.05) is 12.8 Å². The Labute approximate surface area is 170 Å². The topological polar surface area (TPSA) is 71.8 Å². The Morgan fingerprint density at radius 3 is 2.73 bits per heavy atom. The highest BCUT2D eigenvalue weighted by Gasteiger charge is 2.43. The molecular weight excluding hydrogens is 393 g/mol. The van der Waals surface area contributed by atoms with Gasteiger partial charge in [0.25, 0.3) is 0 Å². The summed E-state index contributed by atoms with van der Waals surface area (Å²) in [5.41, 5.74) is 0.880. The number of carbonyl (C=O) groups excluding carboxylic acids is 1. The number of carbonyl (C=O) groups is 1. The molecule has 26 heavy (non-hydrogen) atoms. The van der Waals surface area contributed by atoms with Crippen molar-refractivity contribution in [3.05, 3.63) is 34.5 Å². The summed E-state index contributed by atoms with van der Waals surface area (Å²) in [6, 6.07) is 0. The van der Waals surface area contributed by atoms with E-state index in [2.05, 4.69) is 20.7 Å². The second-order valence-electron chi connectivity index (χ2n) is 6.93. The zero-order valence-corrected chi connectivity index (χ0v) is 17.1. The standard InChI is InChI=1S/C17H23N5OS.2ClH/c1-22-11-12(8-20-22)13-9-18-10-14(13)15(23)21-17(4-2-3-5-17)16-19-6-7-24-16;;/h6-8,11,13-14,18H,2-5,9-10H2,1H3,(H,21,23);2*1H/t13-,14+;;/m1../s1. The van der Waals surface area contributed by atoms with Gasteiger partial charge in [0.2, 0.25) is 5.91 Å². The predicted molar refractivity (Wildman–Crippen MR) is 107 cm³/mol. The van der Waals surface area contributed by atoms with Crippen LogP contribution >= 0.6 is 36.2 Å². The molecule has 0 spiro atoms. The summed E-state index contributed by atoms with van der Waals surface area (Å²) < 4.78 is 1.80. The number of amides is 1. The highest BCUT2D eigenvalue weighted by Crippen LogP contribution is 2.40. The van der Waals surface area contributed by atoms with E-state index < -0.39 is 0 Å². The van der Waals surface area contributed by atoms with E-state index in [-0.39, 0.29) is 48.1 Å². The molecule has 144 valence electrons. The Kier molecular flexibility index (Phi) is 7.07. The predicted octanol–water partition coefficient (Wildman–Crippen LogP) is 2.61. The molecular formula is C17H25Cl2N5OS. The molecule has 0 bridgehead atoms. The fraction of sp³-hybridized carbons (Fsp3) is 0.588. The Hall–Kier alpha value is -1.15. The van der Waals surface area contributed by atoms with Gasteiger partial charge in [-0.25, -0.2) is 4.98 Å². The average molecular weight is 418 g/mol. The fourth-order valence-corrected chi connectivity index (χ4v) is 4.95. The molecule has 1 saturated carbocycles. The first-order valence-electron chi connectivity index (χ1n) is 8.59. The van der Waals surface area contributed by atoms with Crippen LogP contribution in [0.1, 0.15) is 42.2 Å². The first-order chi connectivity index (χ1) is 11.7. The number of thiazole rings is 1. The summed E-state index contributed by atoms with van der Waals surface area (Å²) in [5, 5.41) is 14.1. The summed E-state index contributed by atoms with van der Waals surface area (Å²) in [6.07, 6.45) is 10.0. The number of aromatic nitrogens is 3. The summed E-state index contributed by atoms with van der Waals surface area (Å²) in [6.45, 7) is 1.55. The van der Waals surface area contributed by atoms with Crippen LogP contribution in [0.25, 0.3) is 0 Å². The van der Waals surface area contributed by atoms with Gasteiger partial charge in [0.05, 0.1) is 17.7 Å². The SMILES string of the molecule is Cl.Cl.Cn1cc([C@H]2CNC[C@@H]2C(=O)NC2(c3nccs3)CCCC2)cn1. The van der Waals surface area contributed by atoms with E-state index in [1.165, 1.54) is 0 Å². The van der Waals surface area contributed by atoms with Gasteiger partial charge in [-0.3, -0.25) is 9.48 Å². The van der Waals surface area contributed by atoms with Crippen LogP contribution in [0, 0.1) is 5.92 Å². The Morgan fingerprint density at radius 1 is 1.35 bits per heavy atom. The van der Waals surface area contributed by atoms with E-state index >= 15 is 0 Å². The lowest BCUT2D eigenvalue weighted by Crippen LogP contribution is -2.47. The molecule has 9 heteroatoms. The second-order valence-corrected chi connectivity index (χ2v) is 7.83. The quantitative estimate of drug-likeness (QED) is 0.801. The molecule has 0 radical (unpaired) electrons. The highest BCUT2D eigenvalue weighted by molar-refractivity contribution is 7.09. The number of aryl methyl sites for hydroxylation is 1. The molecule has 3 heterocycles. The van der Waals surface area contributed by atoms with E-state index in [0.717, 1.165) is 49.3 Å². The first kappa shape index (κ1) is 21.2. The molecule has 6 nitrogen and oxygen atoms in total. The maximum Gasteiger partial charge on any atom is 0.225 e. The smallest absolute Gasteiger partial charge is 0.225 e. The van der Waals surface area contributed by atoms with E-state index in [0.29, 0.717) is 0 Å². The van der Waals surface area contributed by atoms with Crippen molar-refractivity contribution in [2.24, 2.45) is 13.0 Å².